The van der Waals surface area contributed by atoms with Gasteiger partial charge in [0.2, 0.25) is 6.10 Å². The molecule has 1 aromatic rings. The summed E-state index contributed by atoms with van der Waals surface area (Å²) in [7, 11) is -2.75. The van der Waals surface area contributed by atoms with Gasteiger partial charge in [0, 0.05) is 18.4 Å². The van der Waals surface area contributed by atoms with Gasteiger partial charge in [-0.05, 0) is 47.6 Å². The Hall–Kier alpha value is -2.87. The molecule has 37 heavy (non-hydrogen) atoms. The van der Waals surface area contributed by atoms with Crippen LogP contribution in [0.4, 0.5) is 0 Å². The fourth-order valence-corrected chi connectivity index (χ4v) is 4.53. The summed E-state index contributed by atoms with van der Waals surface area (Å²) in [6.45, 7) is 4.57. The monoisotopic (exact) mass is 563 g/mol. The van der Waals surface area contributed by atoms with Crippen molar-refractivity contribution in [1.29, 1.82) is 0 Å². The predicted octanol–water partition coefficient (Wildman–Crippen LogP) is 2.67. The number of hydrogen-bond donors (Lipinski definition) is 0. The molecule has 14 heteroatoms. The van der Waals surface area contributed by atoms with Gasteiger partial charge in [-0.1, -0.05) is 38.1 Å². The zero-order valence-corrected chi connectivity index (χ0v) is 22.9. The molecule has 0 bridgehead atoms. The SMILES string of the molecule is CC(C)Cc1ccc(C(C)C(=O)OC(COC(=O)CCCO[N+](=O)[O-])C(=O)OCCSS(C)(=O)=O)cc1. The second-order valence-corrected chi connectivity index (χ2v) is 13.1. The van der Waals surface area contributed by atoms with Gasteiger partial charge in [0.1, 0.15) is 13.2 Å². The minimum absolute atomic E-state index is 0.00126. The highest BCUT2D eigenvalue weighted by atomic mass is 33.1. The largest absolute Gasteiger partial charge is 0.462 e. The third-order valence-corrected chi connectivity index (χ3v) is 7.29. The van der Waals surface area contributed by atoms with Crippen molar-refractivity contribution in [3.63, 3.8) is 0 Å². The highest BCUT2D eigenvalue weighted by Crippen LogP contribution is 2.20. The minimum Gasteiger partial charge on any atom is -0.462 e. The summed E-state index contributed by atoms with van der Waals surface area (Å²) >= 11 is 0. The Morgan fingerprint density at radius 1 is 1.03 bits per heavy atom. The normalized spacial score (nSPS) is 12.9. The molecule has 0 aromatic heterocycles. The van der Waals surface area contributed by atoms with Gasteiger partial charge in [0.25, 0.3) is 5.09 Å². The molecular weight excluding hydrogens is 530 g/mol. The first-order valence-corrected chi connectivity index (χ1v) is 14.9. The molecule has 2 unspecified atom stereocenters. The second-order valence-electron chi connectivity index (χ2n) is 8.52. The summed E-state index contributed by atoms with van der Waals surface area (Å²) in [5.41, 5.74) is 1.78. The Kier molecular flexibility index (Phi) is 14.0. The molecule has 0 saturated carbocycles. The summed E-state index contributed by atoms with van der Waals surface area (Å²) in [5.74, 6) is -2.85. The van der Waals surface area contributed by atoms with Crippen LogP contribution in [0.3, 0.4) is 0 Å². The number of esters is 3. The van der Waals surface area contributed by atoms with E-state index in [-0.39, 0.29) is 31.8 Å². The van der Waals surface area contributed by atoms with Crippen LogP contribution >= 0.6 is 10.8 Å². The third kappa shape index (κ3) is 14.5. The van der Waals surface area contributed by atoms with Crippen LogP contribution in [-0.4, -0.2) is 69.3 Å². The number of rotatable bonds is 17. The van der Waals surface area contributed by atoms with E-state index in [4.69, 9.17) is 14.2 Å². The number of carbonyl (C=O) groups excluding carboxylic acids is 3. The van der Waals surface area contributed by atoms with Crippen LogP contribution in [0.1, 0.15) is 50.7 Å². The second kappa shape index (κ2) is 16.1. The van der Waals surface area contributed by atoms with Crippen molar-refractivity contribution in [2.45, 2.75) is 52.1 Å². The quantitative estimate of drug-likeness (QED) is 0.0680. The topological polar surface area (TPSA) is 165 Å². The van der Waals surface area contributed by atoms with E-state index in [0.717, 1.165) is 18.2 Å². The summed E-state index contributed by atoms with van der Waals surface area (Å²) in [4.78, 5) is 51.5. The van der Waals surface area contributed by atoms with Gasteiger partial charge >= 0.3 is 17.9 Å². The van der Waals surface area contributed by atoms with Gasteiger partial charge < -0.3 is 19.0 Å². The molecule has 1 rings (SSSR count). The van der Waals surface area contributed by atoms with Crippen molar-refractivity contribution in [3.05, 3.63) is 45.5 Å². The molecule has 0 N–H and O–H groups in total. The lowest BCUT2D eigenvalue weighted by Crippen LogP contribution is -2.36. The van der Waals surface area contributed by atoms with Crippen molar-refractivity contribution in [3.8, 4) is 0 Å². The standard InChI is InChI=1S/C23H33NO11S2/c1-16(2)14-18-7-9-19(10-8-18)17(3)22(26)35-20(23(27)32-12-13-36-37(4,30)31)15-33-21(25)6-5-11-34-24(28)29/h7-10,16-17,20H,5-6,11-15H2,1-4H3. The molecule has 0 heterocycles. The number of benzene rings is 1. The maximum Gasteiger partial charge on any atom is 0.351 e. The average Bonchev–Trinajstić information content (AvgIpc) is 2.80. The molecule has 0 spiro atoms. The molecule has 0 aliphatic carbocycles. The molecule has 208 valence electrons. The van der Waals surface area contributed by atoms with E-state index in [9.17, 15) is 32.9 Å². The van der Waals surface area contributed by atoms with E-state index >= 15 is 0 Å². The van der Waals surface area contributed by atoms with Crippen LogP contribution in [0.2, 0.25) is 0 Å². The molecule has 0 aliphatic heterocycles. The first-order chi connectivity index (χ1) is 17.3. The number of nitrogens with zero attached hydrogens (tertiary/aromatic N) is 1. The first kappa shape index (κ1) is 32.2. The van der Waals surface area contributed by atoms with Crippen molar-refractivity contribution in [2.75, 3.05) is 31.8 Å². The van der Waals surface area contributed by atoms with E-state index in [1.54, 1.807) is 19.1 Å². The van der Waals surface area contributed by atoms with E-state index in [1.165, 1.54) is 0 Å². The van der Waals surface area contributed by atoms with Crippen LogP contribution in [0, 0.1) is 16.0 Å². The Morgan fingerprint density at radius 2 is 1.68 bits per heavy atom. The Labute approximate surface area is 219 Å². The number of hydrogen-bond acceptors (Lipinski definition) is 12. The summed E-state index contributed by atoms with van der Waals surface area (Å²) in [6, 6.07) is 7.42. The van der Waals surface area contributed by atoms with Crippen molar-refractivity contribution >= 4 is 37.6 Å². The van der Waals surface area contributed by atoms with Crippen molar-refractivity contribution in [2.24, 2.45) is 5.92 Å². The first-order valence-electron chi connectivity index (χ1n) is 11.5. The van der Waals surface area contributed by atoms with E-state index in [2.05, 4.69) is 18.7 Å². The highest BCUT2D eigenvalue weighted by molar-refractivity contribution is 8.71. The highest BCUT2D eigenvalue weighted by Gasteiger charge is 2.29. The molecular formula is C23H33NO11S2. The van der Waals surface area contributed by atoms with Gasteiger partial charge in [-0.25, -0.2) is 13.2 Å². The van der Waals surface area contributed by atoms with Gasteiger partial charge in [-0.2, -0.15) is 0 Å². The average molecular weight is 564 g/mol. The van der Waals surface area contributed by atoms with Gasteiger partial charge in [0.15, 0.2) is 8.87 Å². The smallest absolute Gasteiger partial charge is 0.351 e. The fraction of sp³-hybridized carbons (Fsp3) is 0.609. The molecule has 12 nitrogen and oxygen atoms in total. The zero-order valence-electron chi connectivity index (χ0n) is 21.2. The van der Waals surface area contributed by atoms with E-state index < -0.39 is 50.5 Å². The number of ether oxygens (including phenoxy) is 3. The summed E-state index contributed by atoms with van der Waals surface area (Å²) in [6.07, 6.45) is 0.0810. The maximum absolute atomic E-state index is 12.8. The fourth-order valence-electron chi connectivity index (χ4n) is 2.96. The Bertz CT molecular complexity index is 1010. The van der Waals surface area contributed by atoms with Crippen LogP contribution in [-0.2, 0) is 48.7 Å². The van der Waals surface area contributed by atoms with Crippen molar-refractivity contribution < 1.29 is 46.9 Å². The van der Waals surface area contributed by atoms with Crippen LogP contribution in [0.15, 0.2) is 24.3 Å². The minimum atomic E-state index is -3.33. The molecule has 0 aliphatic rings. The lowest BCUT2D eigenvalue weighted by molar-refractivity contribution is -0.757. The lowest BCUT2D eigenvalue weighted by Gasteiger charge is -2.19. The maximum atomic E-state index is 12.8. The van der Waals surface area contributed by atoms with Gasteiger partial charge in [-0.3, -0.25) is 9.59 Å². The molecule has 0 radical (unpaired) electrons. The molecule has 0 fully saturated rings. The lowest BCUT2D eigenvalue weighted by atomic mass is 9.97. The van der Waals surface area contributed by atoms with Crippen molar-refractivity contribution in [1.82, 2.24) is 0 Å². The zero-order chi connectivity index (χ0) is 28.0. The summed E-state index contributed by atoms with van der Waals surface area (Å²) in [5, 5.41) is 9.16. The molecule has 2 atom stereocenters. The van der Waals surface area contributed by atoms with Crippen LogP contribution in [0.5, 0.6) is 0 Å². The molecule has 0 saturated heterocycles. The van der Waals surface area contributed by atoms with E-state index in [0.29, 0.717) is 22.3 Å². The predicted molar refractivity (Wildman–Crippen MR) is 135 cm³/mol. The van der Waals surface area contributed by atoms with Gasteiger partial charge in [-0.15, -0.1) is 10.1 Å². The number of carbonyl (C=O) groups is 3. The van der Waals surface area contributed by atoms with Crippen LogP contribution < -0.4 is 0 Å². The van der Waals surface area contributed by atoms with Crippen LogP contribution in [0.25, 0.3) is 0 Å². The third-order valence-electron chi connectivity index (χ3n) is 4.74. The summed E-state index contributed by atoms with van der Waals surface area (Å²) < 4.78 is 37.7. The Morgan fingerprint density at radius 3 is 2.24 bits per heavy atom. The molecule has 0 amide bonds. The van der Waals surface area contributed by atoms with E-state index in [1.807, 2.05) is 12.1 Å². The van der Waals surface area contributed by atoms with Gasteiger partial charge in [0.05, 0.1) is 12.5 Å². The molecule has 1 aromatic carbocycles. The Balaban J connectivity index is 2.77.